The van der Waals surface area contributed by atoms with E-state index in [0.29, 0.717) is 23.8 Å². The molecule has 3 heterocycles. The third kappa shape index (κ3) is 3.19. The molecule has 2 aromatic rings. The number of nitrogens with zero attached hydrogens (tertiary/aromatic N) is 3. The van der Waals surface area contributed by atoms with E-state index in [1.807, 2.05) is 13.0 Å². The van der Waals surface area contributed by atoms with Crippen LogP contribution in [0.4, 0.5) is 9.93 Å². The Morgan fingerprint density at radius 1 is 1.31 bits per heavy atom. The van der Waals surface area contributed by atoms with Gasteiger partial charge >= 0.3 is 6.03 Å². The fraction of sp³-hybridized carbons (Fsp3) is 0.421. The maximum atomic E-state index is 13.2. The van der Waals surface area contributed by atoms with E-state index in [1.165, 1.54) is 16.2 Å². The van der Waals surface area contributed by atoms with E-state index in [1.54, 1.807) is 28.6 Å². The van der Waals surface area contributed by atoms with Crippen molar-refractivity contribution in [3.63, 3.8) is 0 Å². The van der Waals surface area contributed by atoms with Gasteiger partial charge in [-0.2, -0.15) is 0 Å². The summed E-state index contributed by atoms with van der Waals surface area (Å²) in [4.78, 5) is 33.3. The van der Waals surface area contributed by atoms with Crippen molar-refractivity contribution in [1.82, 2.24) is 9.88 Å². The first-order valence-electron chi connectivity index (χ1n) is 8.96. The molecule has 3 amide bonds. The summed E-state index contributed by atoms with van der Waals surface area (Å²) in [5, 5.41) is 2.17. The second kappa shape index (κ2) is 7.07. The molecule has 136 valence electrons. The lowest BCUT2D eigenvalue weighted by Crippen LogP contribution is -2.45. The molecule has 1 saturated heterocycles. The highest BCUT2D eigenvalue weighted by molar-refractivity contribution is 7.14. The summed E-state index contributed by atoms with van der Waals surface area (Å²) < 4.78 is 5.87. The molecule has 0 radical (unpaired) electrons. The largest absolute Gasteiger partial charge is 0.490 e. The van der Waals surface area contributed by atoms with Crippen molar-refractivity contribution < 1.29 is 14.3 Å². The molecule has 2 aliphatic rings. The topological polar surface area (TPSA) is 62.7 Å². The van der Waals surface area contributed by atoms with E-state index in [9.17, 15) is 9.59 Å². The summed E-state index contributed by atoms with van der Waals surface area (Å²) in [6.45, 7) is 3.38. The summed E-state index contributed by atoms with van der Waals surface area (Å²) in [5.41, 5.74) is 1.55. The number of aromatic nitrogens is 1. The Bertz CT molecular complexity index is 815. The molecule has 0 bridgehead atoms. The van der Waals surface area contributed by atoms with Crippen molar-refractivity contribution in [2.24, 2.45) is 0 Å². The molecule has 1 fully saturated rings. The minimum absolute atomic E-state index is 0.133. The van der Waals surface area contributed by atoms with Crippen LogP contribution < -0.4 is 9.64 Å². The molecular weight excluding hydrogens is 350 g/mol. The van der Waals surface area contributed by atoms with E-state index < -0.39 is 0 Å². The maximum absolute atomic E-state index is 13.2. The first kappa shape index (κ1) is 17.0. The second-order valence-electron chi connectivity index (χ2n) is 6.72. The predicted octanol–water partition coefficient (Wildman–Crippen LogP) is 3.72. The van der Waals surface area contributed by atoms with Crippen molar-refractivity contribution in [3.8, 4) is 5.75 Å². The Morgan fingerprint density at radius 2 is 2.12 bits per heavy atom. The number of imide groups is 1. The van der Waals surface area contributed by atoms with Crippen molar-refractivity contribution in [3.05, 3.63) is 40.9 Å². The molecule has 4 rings (SSSR count). The summed E-state index contributed by atoms with van der Waals surface area (Å²) in [5.74, 6) is 0.379. The number of hydrogen-bond donors (Lipinski definition) is 0. The number of amides is 3. The molecule has 0 aliphatic carbocycles. The van der Waals surface area contributed by atoms with E-state index in [0.717, 1.165) is 37.0 Å². The fourth-order valence-corrected chi connectivity index (χ4v) is 4.03. The van der Waals surface area contributed by atoms with Crippen LogP contribution >= 0.6 is 11.3 Å². The van der Waals surface area contributed by atoms with Gasteiger partial charge in [0.1, 0.15) is 5.75 Å². The molecule has 1 atom stereocenters. The molecule has 1 aromatic heterocycles. The van der Waals surface area contributed by atoms with E-state index in [2.05, 4.69) is 4.98 Å². The molecule has 1 aromatic carbocycles. The van der Waals surface area contributed by atoms with Crippen LogP contribution in [0.3, 0.4) is 0 Å². The number of carbonyl (C=O) groups is 2. The number of likely N-dealkylation sites (tertiary alicyclic amines) is 1. The van der Waals surface area contributed by atoms with Crippen LogP contribution in [0.25, 0.3) is 0 Å². The number of ether oxygens (including phenoxy) is 1. The Balaban J connectivity index is 1.66. The van der Waals surface area contributed by atoms with Crippen molar-refractivity contribution in [2.45, 2.75) is 38.7 Å². The first-order valence-corrected chi connectivity index (χ1v) is 9.84. The third-order valence-corrected chi connectivity index (χ3v) is 5.60. The van der Waals surface area contributed by atoms with E-state index >= 15 is 0 Å². The van der Waals surface area contributed by atoms with Crippen LogP contribution in [-0.4, -0.2) is 41.0 Å². The smallest absolute Gasteiger partial charge is 0.333 e. The van der Waals surface area contributed by atoms with Gasteiger partial charge < -0.3 is 9.64 Å². The van der Waals surface area contributed by atoms with Gasteiger partial charge in [-0.25, -0.2) is 14.7 Å². The molecule has 0 saturated carbocycles. The number of thiazole rings is 1. The number of urea groups is 1. The molecule has 2 aliphatic heterocycles. The predicted molar refractivity (Wildman–Crippen MR) is 100.0 cm³/mol. The standard InChI is InChI=1S/C19H21N3O3S/c1-13-4-5-14-6-7-15(12-16(14)25-13)17(23)22(18-20-8-11-26-18)19(24)21-9-2-3-10-21/h6-8,11-13H,2-5,9-10H2,1H3. The van der Waals surface area contributed by atoms with Gasteiger partial charge in [-0.1, -0.05) is 6.07 Å². The Hall–Kier alpha value is -2.41. The van der Waals surface area contributed by atoms with Gasteiger partial charge in [0, 0.05) is 30.2 Å². The number of benzene rings is 1. The Morgan fingerprint density at radius 3 is 2.85 bits per heavy atom. The van der Waals surface area contributed by atoms with Gasteiger partial charge in [0.25, 0.3) is 5.91 Å². The van der Waals surface area contributed by atoms with E-state index in [4.69, 9.17) is 4.74 Å². The number of aryl methyl sites for hydroxylation is 1. The molecule has 1 unspecified atom stereocenters. The monoisotopic (exact) mass is 371 g/mol. The van der Waals surface area contributed by atoms with Crippen LogP contribution in [-0.2, 0) is 6.42 Å². The zero-order valence-corrected chi connectivity index (χ0v) is 15.5. The molecule has 0 N–H and O–H groups in total. The van der Waals surface area contributed by atoms with E-state index in [-0.39, 0.29) is 18.0 Å². The van der Waals surface area contributed by atoms with Crippen molar-refractivity contribution in [2.75, 3.05) is 18.0 Å². The lowest BCUT2D eigenvalue weighted by Gasteiger charge is -2.26. The summed E-state index contributed by atoms with van der Waals surface area (Å²) in [6, 6.07) is 5.16. The molecule has 26 heavy (non-hydrogen) atoms. The van der Waals surface area contributed by atoms with Gasteiger partial charge in [0.15, 0.2) is 0 Å². The molecular formula is C19H21N3O3S. The lowest BCUT2D eigenvalue weighted by atomic mass is 10.0. The third-order valence-electron chi connectivity index (χ3n) is 4.84. The summed E-state index contributed by atoms with van der Waals surface area (Å²) >= 11 is 1.29. The molecule has 0 spiro atoms. The van der Waals surface area contributed by atoms with Crippen LogP contribution in [0, 0.1) is 0 Å². The minimum Gasteiger partial charge on any atom is -0.490 e. The highest BCUT2D eigenvalue weighted by Gasteiger charge is 2.32. The number of fused-ring (bicyclic) bond motifs is 1. The maximum Gasteiger partial charge on any atom is 0.333 e. The number of rotatable bonds is 2. The van der Waals surface area contributed by atoms with Crippen LogP contribution in [0.5, 0.6) is 5.75 Å². The van der Waals surface area contributed by atoms with Gasteiger partial charge in [-0.05, 0) is 50.3 Å². The van der Waals surface area contributed by atoms with Crippen molar-refractivity contribution in [1.29, 1.82) is 0 Å². The Labute approximate surface area is 156 Å². The van der Waals surface area contributed by atoms with Gasteiger partial charge in [-0.3, -0.25) is 4.79 Å². The highest BCUT2D eigenvalue weighted by atomic mass is 32.1. The molecule has 6 nitrogen and oxygen atoms in total. The number of anilines is 1. The first-order chi connectivity index (χ1) is 12.6. The van der Waals surface area contributed by atoms with Crippen LogP contribution in [0.1, 0.15) is 42.1 Å². The molecule has 7 heteroatoms. The zero-order chi connectivity index (χ0) is 18.1. The van der Waals surface area contributed by atoms with Crippen LogP contribution in [0.2, 0.25) is 0 Å². The van der Waals surface area contributed by atoms with Gasteiger partial charge in [0.05, 0.1) is 6.10 Å². The normalized spacial score (nSPS) is 19.0. The number of carbonyl (C=O) groups excluding carboxylic acids is 2. The average Bonchev–Trinajstić information content (AvgIpc) is 3.35. The summed E-state index contributed by atoms with van der Waals surface area (Å²) in [6.07, 6.45) is 5.59. The SMILES string of the molecule is CC1CCc2ccc(C(=O)N(C(=O)N3CCCC3)c3nccs3)cc2O1. The van der Waals surface area contributed by atoms with Gasteiger partial charge in [-0.15, -0.1) is 11.3 Å². The fourth-order valence-electron chi connectivity index (χ4n) is 3.40. The summed E-state index contributed by atoms with van der Waals surface area (Å²) in [7, 11) is 0. The van der Waals surface area contributed by atoms with Gasteiger partial charge in [0.2, 0.25) is 5.13 Å². The quantitative estimate of drug-likeness (QED) is 0.807. The minimum atomic E-state index is -0.360. The average molecular weight is 371 g/mol. The van der Waals surface area contributed by atoms with Crippen LogP contribution in [0.15, 0.2) is 29.8 Å². The second-order valence-corrected chi connectivity index (χ2v) is 7.59. The van der Waals surface area contributed by atoms with Crippen molar-refractivity contribution >= 4 is 28.4 Å². The lowest BCUT2D eigenvalue weighted by molar-refractivity contribution is 0.0986. The Kier molecular flexibility index (Phi) is 4.63. The highest BCUT2D eigenvalue weighted by Crippen LogP contribution is 2.30. The number of hydrogen-bond acceptors (Lipinski definition) is 5. The zero-order valence-electron chi connectivity index (χ0n) is 14.7.